The SMILES string of the molecule is CCCN=C1CCCC(=O)/C1=C(\O)CCc1noc2c1C(=O)CC(c1ccccc1)C2. The summed E-state index contributed by atoms with van der Waals surface area (Å²) < 4.78 is 5.52. The smallest absolute Gasteiger partial charge is 0.168 e. The summed E-state index contributed by atoms with van der Waals surface area (Å²) in [5.41, 5.74) is 3.32. The van der Waals surface area contributed by atoms with Crippen molar-refractivity contribution in [3.8, 4) is 0 Å². The maximum atomic E-state index is 12.9. The lowest BCUT2D eigenvalue weighted by Gasteiger charge is -2.20. The third-order valence-corrected chi connectivity index (χ3v) is 6.05. The van der Waals surface area contributed by atoms with Gasteiger partial charge in [-0.2, -0.15) is 0 Å². The first-order chi connectivity index (χ1) is 15.1. The van der Waals surface area contributed by atoms with Crippen molar-refractivity contribution < 1.29 is 19.2 Å². The molecule has 2 aliphatic carbocycles. The van der Waals surface area contributed by atoms with E-state index in [2.05, 4.69) is 10.1 Å². The first-order valence-electron chi connectivity index (χ1n) is 11.1. The van der Waals surface area contributed by atoms with Crippen LogP contribution in [0.4, 0.5) is 0 Å². The van der Waals surface area contributed by atoms with E-state index in [-0.39, 0.29) is 29.7 Å². The molecule has 1 N–H and O–H groups in total. The van der Waals surface area contributed by atoms with E-state index in [9.17, 15) is 14.7 Å². The van der Waals surface area contributed by atoms with Crippen molar-refractivity contribution in [1.82, 2.24) is 5.16 Å². The molecule has 0 amide bonds. The monoisotopic (exact) mass is 420 g/mol. The molecular weight excluding hydrogens is 392 g/mol. The first-order valence-corrected chi connectivity index (χ1v) is 11.1. The van der Waals surface area contributed by atoms with Crippen LogP contribution >= 0.6 is 0 Å². The molecule has 0 saturated heterocycles. The van der Waals surface area contributed by atoms with E-state index >= 15 is 0 Å². The number of Topliss-reactive ketones (excluding diaryl/α,β-unsaturated/α-hetero) is 2. The average molecular weight is 421 g/mol. The van der Waals surface area contributed by atoms with E-state index < -0.39 is 0 Å². The summed E-state index contributed by atoms with van der Waals surface area (Å²) in [6.07, 6.45) is 4.45. The fourth-order valence-electron chi connectivity index (χ4n) is 4.49. The molecule has 1 aromatic carbocycles. The van der Waals surface area contributed by atoms with Crippen molar-refractivity contribution >= 4 is 17.3 Å². The maximum Gasteiger partial charge on any atom is 0.168 e. The molecule has 1 unspecified atom stereocenters. The number of nitrogens with zero attached hydrogens (tertiary/aromatic N) is 2. The molecule has 2 aromatic rings. The number of aliphatic imine (C=N–C) groups is 1. The van der Waals surface area contributed by atoms with E-state index in [1.54, 1.807) is 0 Å². The minimum Gasteiger partial charge on any atom is -0.511 e. The van der Waals surface area contributed by atoms with Crippen LogP contribution in [0.2, 0.25) is 0 Å². The molecule has 0 radical (unpaired) electrons. The zero-order valence-electron chi connectivity index (χ0n) is 17.9. The van der Waals surface area contributed by atoms with E-state index in [1.165, 1.54) is 0 Å². The molecule has 0 bridgehead atoms. The Morgan fingerprint density at radius 1 is 1.16 bits per heavy atom. The van der Waals surface area contributed by atoms with Crippen LogP contribution < -0.4 is 0 Å². The van der Waals surface area contributed by atoms with Gasteiger partial charge in [-0.05, 0) is 30.7 Å². The van der Waals surface area contributed by atoms with Gasteiger partial charge in [-0.25, -0.2) is 0 Å². The van der Waals surface area contributed by atoms with Crippen LogP contribution in [-0.4, -0.2) is 34.1 Å². The van der Waals surface area contributed by atoms with Gasteiger partial charge >= 0.3 is 0 Å². The summed E-state index contributed by atoms with van der Waals surface area (Å²) in [7, 11) is 0. The fourth-order valence-corrected chi connectivity index (χ4v) is 4.49. The summed E-state index contributed by atoms with van der Waals surface area (Å²) in [6, 6.07) is 9.97. The Labute approximate surface area is 182 Å². The van der Waals surface area contributed by atoms with Gasteiger partial charge in [0.1, 0.15) is 11.5 Å². The summed E-state index contributed by atoms with van der Waals surface area (Å²) in [6.45, 7) is 2.68. The topological polar surface area (TPSA) is 92.8 Å². The Kier molecular flexibility index (Phi) is 6.44. The van der Waals surface area contributed by atoms with Crippen molar-refractivity contribution in [3.05, 3.63) is 64.2 Å². The highest BCUT2D eigenvalue weighted by Gasteiger charge is 2.33. The van der Waals surface area contributed by atoms with Crippen LogP contribution in [0.25, 0.3) is 0 Å². The predicted molar refractivity (Wildman–Crippen MR) is 118 cm³/mol. The van der Waals surface area contributed by atoms with E-state index in [4.69, 9.17) is 4.52 Å². The molecule has 4 rings (SSSR count). The second-order valence-corrected chi connectivity index (χ2v) is 8.29. The number of carbonyl (C=O) groups excluding carboxylic acids is 2. The highest BCUT2D eigenvalue weighted by atomic mass is 16.5. The molecular formula is C25H28N2O4. The number of rotatable bonds is 6. The van der Waals surface area contributed by atoms with E-state index in [1.807, 2.05) is 37.3 Å². The molecule has 0 spiro atoms. The van der Waals surface area contributed by atoms with Crippen molar-refractivity contribution in [3.63, 3.8) is 0 Å². The number of benzene rings is 1. The molecule has 1 saturated carbocycles. The molecule has 1 fully saturated rings. The Morgan fingerprint density at radius 2 is 1.97 bits per heavy atom. The van der Waals surface area contributed by atoms with Crippen LogP contribution in [0.1, 0.15) is 78.7 Å². The second kappa shape index (κ2) is 9.41. The first kappa shape index (κ1) is 21.2. The predicted octanol–water partition coefficient (Wildman–Crippen LogP) is 4.94. The molecule has 1 heterocycles. The zero-order chi connectivity index (χ0) is 21.8. The number of ketones is 2. The fraction of sp³-hybridized carbons (Fsp3) is 0.440. The molecule has 31 heavy (non-hydrogen) atoms. The lowest BCUT2D eigenvalue weighted by molar-refractivity contribution is -0.115. The lowest BCUT2D eigenvalue weighted by Crippen LogP contribution is -2.22. The van der Waals surface area contributed by atoms with Crippen LogP contribution in [0.15, 0.2) is 51.2 Å². The minimum absolute atomic E-state index is 0.0254. The number of hydrogen-bond donors (Lipinski definition) is 1. The summed E-state index contributed by atoms with van der Waals surface area (Å²) >= 11 is 0. The van der Waals surface area contributed by atoms with Crippen molar-refractivity contribution in [2.75, 3.05) is 6.54 Å². The standard InChI is InChI=1S/C25H28N2O4/c1-2-13-26-18-9-6-10-20(28)24(18)21(29)12-11-19-25-22(30)14-17(15-23(25)31-27-19)16-7-4-3-5-8-16/h3-5,7-8,17,29H,2,6,9-15H2,1H3/b24-21-,26-18?. The Bertz CT molecular complexity index is 1030. The molecule has 162 valence electrons. The van der Waals surface area contributed by atoms with Gasteiger partial charge in [-0.15, -0.1) is 0 Å². The highest BCUT2D eigenvalue weighted by Crippen LogP contribution is 2.35. The van der Waals surface area contributed by atoms with Crippen molar-refractivity contribution in [2.24, 2.45) is 4.99 Å². The van der Waals surface area contributed by atoms with Gasteiger partial charge < -0.3 is 9.63 Å². The second-order valence-electron chi connectivity index (χ2n) is 8.29. The lowest BCUT2D eigenvalue weighted by atomic mass is 9.81. The van der Waals surface area contributed by atoms with E-state index in [0.29, 0.717) is 67.0 Å². The largest absolute Gasteiger partial charge is 0.511 e. The third-order valence-electron chi connectivity index (χ3n) is 6.05. The van der Waals surface area contributed by atoms with Gasteiger partial charge in [0, 0.05) is 44.4 Å². The number of fused-ring (bicyclic) bond motifs is 1. The summed E-state index contributed by atoms with van der Waals surface area (Å²) in [4.78, 5) is 29.8. The summed E-state index contributed by atoms with van der Waals surface area (Å²) in [5.74, 6) is 0.725. The third kappa shape index (κ3) is 4.53. The van der Waals surface area contributed by atoms with Gasteiger partial charge in [0.25, 0.3) is 0 Å². The molecule has 1 aromatic heterocycles. The normalized spacial score (nSPS) is 22.0. The molecule has 1 atom stereocenters. The highest BCUT2D eigenvalue weighted by molar-refractivity contribution is 6.24. The van der Waals surface area contributed by atoms with Gasteiger partial charge in [0.2, 0.25) is 0 Å². The van der Waals surface area contributed by atoms with Crippen molar-refractivity contribution in [1.29, 1.82) is 0 Å². The number of hydrogen-bond acceptors (Lipinski definition) is 6. The number of aliphatic hydroxyl groups is 1. The van der Waals surface area contributed by atoms with Gasteiger partial charge in [-0.3, -0.25) is 14.6 Å². The quantitative estimate of drug-likeness (QED) is 0.528. The van der Waals surface area contributed by atoms with Crippen LogP contribution in [-0.2, 0) is 17.6 Å². The minimum atomic E-state index is -0.0532. The van der Waals surface area contributed by atoms with Crippen molar-refractivity contribution in [2.45, 2.75) is 64.2 Å². The molecule has 2 aliphatic rings. The van der Waals surface area contributed by atoms with Gasteiger partial charge in [0.15, 0.2) is 11.6 Å². The van der Waals surface area contributed by atoms with Crippen LogP contribution in [0, 0.1) is 0 Å². The molecule has 0 aliphatic heterocycles. The number of carbonyl (C=O) groups is 2. The molecule has 6 heteroatoms. The van der Waals surface area contributed by atoms with Crippen LogP contribution in [0.5, 0.6) is 0 Å². The van der Waals surface area contributed by atoms with Gasteiger partial charge in [-0.1, -0.05) is 42.4 Å². The van der Waals surface area contributed by atoms with Crippen LogP contribution in [0.3, 0.4) is 0 Å². The molecule has 6 nitrogen and oxygen atoms in total. The van der Waals surface area contributed by atoms with E-state index in [0.717, 1.165) is 18.4 Å². The Morgan fingerprint density at radius 3 is 2.74 bits per heavy atom. The zero-order valence-corrected chi connectivity index (χ0v) is 17.9. The number of aryl methyl sites for hydroxylation is 1. The number of aromatic nitrogens is 1. The Balaban J connectivity index is 1.51. The number of allylic oxidation sites excluding steroid dienone is 2. The van der Waals surface area contributed by atoms with Gasteiger partial charge in [0.05, 0.1) is 16.8 Å². The average Bonchev–Trinajstić information content (AvgIpc) is 3.20. The number of aliphatic hydroxyl groups excluding tert-OH is 1. The Hall–Kier alpha value is -3.02. The summed E-state index contributed by atoms with van der Waals surface area (Å²) in [5, 5.41) is 14.8. The maximum absolute atomic E-state index is 12.9.